The van der Waals surface area contributed by atoms with Gasteiger partial charge in [-0.1, -0.05) is 19.3 Å². The molecule has 2 aliphatic rings. The first-order chi connectivity index (χ1) is 10.8. The molecule has 1 saturated carbocycles. The minimum Gasteiger partial charge on any atom is -0.377 e. The van der Waals surface area contributed by atoms with E-state index in [9.17, 15) is 16.8 Å². The summed E-state index contributed by atoms with van der Waals surface area (Å²) < 4.78 is 60.7. The van der Waals surface area contributed by atoms with Crippen LogP contribution in [0.2, 0.25) is 0 Å². The molecule has 136 valence electrons. The van der Waals surface area contributed by atoms with E-state index in [2.05, 4.69) is 4.72 Å². The molecule has 1 aliphatic heterocycles. The third-order valence-electron chi connectivity index (χ3n) is 4.66. The van der Waals surface area contributed by atoms with Crippen molar-refractivity contribution in [3.63, 3.8) is 0 Å². The number of hydrogen-bond acceptors (Lipinski definition) is 6. The van der Waals surface area contributed by atoms with Gasteiger partial charge >= 0.3 is 0 Å². The molecule has 7 nitrogen and oxygen atoms in total. The first-order valence-electron chi connectivity index (χ1n) is 8.10. The number of ether oxygens (including phenoxy) is 2. The van der Waals surface area contributed by atoms with Gasteiger partial charge in [0.05, 0.1) is 35.6 Å². The van der Waals surface area contributed by atoms with Crippen molar-refractivity contribution in [3.05, 3.63) is 0 Å². The van der Waals surface area contributed by atoms with Gasteiger partial charge in [-0.25, -0.2) is 21.6 Å². The number of sulfone groups is 1. The van der Waals surface area contributed by atoms with E-state index >= 15 is 0 Å². The number of hydrogen-bond donors (Lipinski definition) is 1. The molecule has 0 amide bonds. The van der Waals surface area contributed by atoms with Crippen molar-refractivity contribution < 1.29 is 26.3 Å². The van der Waals surface area contributed by atoms with Crippen LogP contribution in [-0.4, -0.2) is 66.1 Å². The lowest BCUT2D eigenvalue weighted by atomic mass is 9.98. The van der Waals surface area contributed by atoms with E-state index in [4.69, 9.17) is 9.47 Å². The molecule has 2 fully saturated rings. The van der Waals surface area contributed by atoms with Crippen LogP contribution in [0.1, 0.15) is 38.5 Å². The molecule has 23 heavy (non-hydrogen) atoms. The van der Waals surface area contributed by atoms with Crippen molar-refractivity contribution in [2.24, 2.45) is 0 Å². The normalized spacial score (nSPS) is 28.9. The third kappa shape index (κ3) is 5.97. The molecular formula is C14H27NO6S2. The molecule has 0 bridgehead atoms. The van der Waals surface area contributed by atoms with Gasteiger partial charge < -0.3 is 9.47 Å². The number of rotatable bonds is 8. The van der Waals surface area contributed by atoms with Crippen LogP contribution < -0.4 is 4.72 Å². The Bertz CT molecular complexity index is 582. The Morgan fingerprint density at radius 3 is 2.48 bits per heavy atom. The van der Waals surface area contributed by atoms with Gasteiger partial charge in [-0.05, 0) is 19.3 Å². The Kier molecular flexibility index (Phi) is 6.46. The highest BCUT2D eigenvalue weighted by Crippen LogP contribution is 2.26. The van der Waals surface area contributed by atoms with Crippen LogP contribution in [0.3, 0.4) is 0 Å². The van der Waals surface area contributed by atoms with Gasteiger partial charge in [0.15, 0.2) is 9.84 Å². The SMILES string of the molecule is COC1(CNS(=O)(=O)CCOC2CCCCC2)CCS(=O)(=O)C1. The van der Waals surface area contributed by atoms with Crippen LogP contribution in [-0.2, 0) is 29.3 Å². The molecule has 0 aromatic rings. The smallest absolute Gasteiger partial charge is 0.213 e. The highest BCUT2D eigenvalue weighted by Gasteiger charge is 2.43. The molecule has 0 radical (unpaired) electrons. The van der Waals surface area contributed by atoms with E-state index < -0.39 is 25.5 Å². The van der Waals surface area contributed by atoms with Crippen molar-refractivity contribution in [2.75, 3.05) is 37.5 Å². The fourth-order valence-electron chi connectivity index (χ4n) is 3.13. The third-order valence-corrected chi connectivity index (χ3v) is 7.74. The summed E-state index contributed by atoms with van der Waals surface area (Å²) >= 11 is 0. The molecule has 1 N–H and O–H groups in total. The van der Waals surface area contributed by atoms with Crippen LogP contribution in [0, 0.1) is 0 Å². The summed E-state index contributed by atoms with van der Waals surface area (Å²) in [6.45, 7) is 0.146. The fraction of sp³-hybridized carbons (Fsp3) is 1.00. The molecule has 0 aromatic heterocycles. The predicted octanol–water partition coefficient (Wildman–Crippen LogP) is 0.459. The van der Waals surface area contributed by atoms with Gasteiger partial charge in [0, 0.05) is 13.7 Å². The second-order valence-electron chi connectivity index (χ2n) is 6.50. The lowest BCUT2D eigenvalue weighted by Gasteiger charge is -2.26. The van der Waals surface area contributed by atoms with E-state index in [0.717, 1.165) is 25.7 Å². The van der Waals surface area contributed by atoms with Gasteiger partial charge in [0.1, 0.15) is 0 Å². The first kappa shape index (κ1) is 19.1. The van der Waals surface area contributed by atoms with Crippen LogP contribution in [0.15, 0.2) is 0 Å². The summed E-state index contributed by atoms with van der Waals surface area (Å²) in [4.78, 5) is 0. The van der Waals surface area contributed by atoms with Crippen LogP contribution in [0.25, 0.3) is 0 Å². The molecule has 1 atom stereocenters. The summed E-state index contributed by atoms with van der Waals surface area (Å²) in [6, 6.07) is 0. The van der Waals surface area contributed by atoms with Crippen molar-refractivity contribution in [2.45, 2.75) is 50.2 Å². The summed E-state index contributed by atoms with van der Waals surface area (Å²) in [5, 5.41) is 0. The second-order valence-corrected chi connectivity index (χ2v) is 10.6. The molecule has 1 unspecified atom stereocenters. The van der Waals surface area contributed by atoms with Crippen LogP contribution >= 0.6 is 0 Å². The maximum atomic E-state index is 12.1. The lowest BCUT2D eigenvalue weighted by molar-refractivity contribution is 0.0172. The zero-order valence-electron chi connectivity index (χ0n) is 13.6. The highest BCUT2D eigenvalue weighted by molar-refractivity contribution is 7.91. The topological polar surface area (TPSA) is 98.8 Å². The monoisotopic (exact) mass is 369 g/mol. The van der Waals surface area contributed by atoms with Crippen LogP contribution in [0.4, 0.5) is 0 Å². The number of methoxy groups -OCH3 is 1. The van der Waals surface area contributed by atoms with Crippen molar-refractivity contribution in [1.29, 1.82) is 0 Å². The minimum absolute atomic E-state index is 0.0194. The first-order valence-corrected chi connectivity index (χ1v) is 11.6. The minimum atomic E-state index is -3.51. The standard InChI is InChI=1S/C14H27NO6S2/c1-20-14(7-9-22(16,17)12-14)11-15-23(18,19)10-8-21-13-5-3-2-4-6-13/h13,15H,2-12H2,1H3. The van der Waals surface area contributed by atoms with Crippen molar-refractivity contribution in [3.8, 4) is 0 Å². The fourth-order valence-corrected chi connectivity index (χ4v) is 6.07. The number of sulfonamides is 1. The lowest BCUT2D eigenvalue weighted by Crippen LogP contribution is -2.46. The molecule has 1 saturated heterocycles. The van der Waals surface area contributed by atoms with Crippen molar-refractivity contribution in [1.82, 2.24) is 4.72 Å². The number of nitrogens with one attached hydrogen (secondary N) is 1. The second kappa shape index (κ2) is 7.77. The van der Waals surface area contributed by atoms with Gasteiger partial charge in [-0.3, -0.25) is 0 Å². The molecule has 2 rings (SSSR count). The predicted molar refractivity (Wildman–Crippen MR) is 87.6 cm³/mol. The maximum Gasteiger partial charge on any atom is 0.213 e. The summed E-state index contributed by atoms with van der Waals surface area (Å²) in [7, 11) is -5.24. The average Bonchev–Trinajstić information content (AvgIpc) is 2.83. The summed E-state index contributed by atoms with van der Waals surface area (Å²) in [5.74, 6) is -0.221. The highest BCUT2D eigenvalue weighted by atomic mass is 32.2. The van der Waals surface area contributed by atoms with E-state index in [-0.39, 0.29) is 36.5 Å². The molecule has 0 spiro atoms. The van der Waals surface area contributed by atoms with E-state index in [1.807, 2.05) is 0 Å². The Balaban J connectivity index is 1.77. The zero-order chi connectivity index (χ0) is 17.0. The largest absolute Gasteiger partial charge is 0.377 e. The molecule has 0 aromatic carbocycles. The average molecular weight is 370 g/mol. The van der Waals surface area contributed by atoms with Crippen molar-refractivity contribution >= 4 is 19.9 Å². The Morgan fingerprint density at radius 2 is 1.91 bits per heavy atom. The molecule has 9 heteroatoms. The van der Waals surface area contributed by atoms with E-state index in [1.54, 1.807) is 0 Å². The zero-order valence-corrected chi connectivity index (χ0v) is 15.3. The van der Waals surface area contributed by atoms with E-state index in [1.165, 1.54) is 13.5 Å². The summed E-state index contributed by atoms with van der Waals surface area (Å²) in [5.41, 5.74) is -0.948. The molecule has 1 heterocycles. The van der Waals surface area contributed by atoms with Gasteiger partial charge in [-0.2, -0.15) is 0 Å². The Hall–Kier alpha value is -0.220. The Morgan fingerprint density at radius 1 is 1.22 bits per heavy atom. The summed E-state index contributed by atoms with van der Waals surface area (Å²) in [6.07, 6.45) is 5.98. The Labute approximate surface area is 139 Å². The molecule has 1 aliphatic carbocycles. The van der Waals surface area contributed by atoms with Gasteiger partial charge in [0.25, 0.3) is 0 Å². The van der Waals surface area contributed by atoms with Gasteiger partial charge in [0.2, 0.25) is 10.0 Å². The maximum absolute atomic E-state index is 12.1. The van der Waals surface area contributed by atoms with Crippen LogP contribution in [0.5, 0.6) is 0 Å². The van der Waals surface area contributed by atoms with Gasteiger partial charge in [-0.15, -0.1) is 0 Å². The molecular weight excluding hydrogens is 342 g/mol. The van der Waals surface area contributed by atoms with E-state index in [0.29, 0.717) is 6.42 Å². The quantitative estimate of drug-likeness (QED) is 0.667.